The van der Waals surface area contributed by atoms with Crippen molar-refractivity contribution in [2.45, 2.75) is 31.6 Å². The molecule has 3 heteroatoms. The molecule has 2 unspecified atom stereocenters. The molecule has 0 radical (unpaired) electrons. The Balaban J connectivity index is 3.21. The Bertz CT molecular complexity index is 131. The standard InChI is InChI=1S/C8H16N2S/c1-7(6-9)10-5-4-8(2)11-3/h7-8,10H,4-5H2,1-3H3. The third kappa shape index (κ3) is 6.21. The van der Waals surface area contributed by atoms with Gasteiger partial charge in [0, 0.05) is 5.25 Å². The highest BCUT2D eigenvalue weighted by molar-refractivity contribution is 7.99. The van der Waals surface area contributed by atoms with Gasteiger partial charge in [0.1, 0.15) is 0 Å². The molecule has 0 aliphatic carbocycles. The first kappa shape index (κ1) is 10.8. The Hall–Kier alpha value is -0.200. The highest BCUT2D eigenvalue weighted by Gasteiger charge is 2.00. The molecule has 0 aliphatic rings. The normalized spacial score (nSPS) is 15.5. The van der Waals surface area contributed by atoms with E-state index in [1.54, 1.807) is 0 Å². The van der Waals surface area contributed by atoms with Gasteiger partial charge in [0.25, 0.3) is 0 Å². The second-order valence-electron chi connectivity index (χ2n) is 2.64. The van der Waals surface area contributed by atoms with Crippen molar-refractivity contribution in [1.82, 2.24) is 5.32 Å². The van der Waals surface area contributed by atoms with E-state index in [-0.39, 0.29) is 6.04 Å². The lowest BCUT2D eigenvalue weighted by Crippen LogP contribution is -2.26. The molecule has 11 heavy (non-hydrogen) atoms. The van der Waals surface area contributed by atoms with Crippen LogP contribution in [0.2, 0.25) is 0 Å². The lowest BCUT2D eigenvalue weighted by Gasteiger charge is -2.09. The van der Waals surface area contributed by atoms with E-state index < -0.39 is 0 Å². The molecule has 0 aromatic carbocycles. The average molecular weight is 172 g/mol. The highest BCUT2D eigenvalue weighted by atomic mass is 32.2. The molecule has 0 aromatic rings. The summed E-state index contributed by atoms with van der Waals surface area (Å²) in [5.41, 5.74) is 0. The maximum absolute atomic E-state index is 8.44. The summed E-state index contributed by atoms with van der Waals surface area (Å²) in [4.78, 5) is 0. The van der Waals surface area contributed by atoms with Gasteiger partial charge in [-0.2, -0.15) is 17.0 Å². The molecule has 0 heterocycles. The van der Waals surface area contributed by atoms with E-state index in [0.29, 0.717) is 5.25 Å². The maximum Gasteiger partial charge on any atom is 0.0924 e. The topological polar surface area (TPSA) is 35.8 Å². The van der Waals surface area contributed by atoms with E-state index in [9.17, 15) is 0 Å². The van der Waals surface area contributed by atoms with Crippen LogP contribution in [0, 0.1) is 11.3 Å². The zero-order valence-electron chi connectivity index (χ0n) is 7.42. The molecule has 0 rings (SSSR count). The van der Waals surface area contributed by atoms with Crippen molar-refractivity contribution in [3.8, 4) is 6.07 Å². The molecule has 2 nitrogen and oxygen atoms in total. The van der Waals surface area contributed by atoms with Crippen molar-refractivity contribution in [2.75, 3.05) is 12.8 Å². The second-order valence-corrected chi connectivity index (χ2v) is 3.92. The summed E-state index contributed by atoms with van der Waals surface area (Å²) < 4.78 is 0. The van der Waals surface area contributed by atoms with Gasteiger partial charge in [0.05, 0.1) is 12.1 Å². The average Bonchev–Trinajstić information content (AvgIpc) is 2.04. The van der Waals surface area contributed by atoms with Gasteiger partial charge in [-0.15, -0.1) is 0 Å². The molecule has 0 aromatic heterocycles. The van der Waals surface area contributed by atoms with Crippen LogP contribution in [0.4, 0.5) is 0 Å². The molecule has 64 valence electrons. The predicted octanol–water partition coefficient (Wildman–Crippen LogP) is 1.63. The van der Waals surface area contributed by atoms with E-state index >= 15 is 0 Å². The Kier molecular flexibility index (Phi) is 6.39. The van der Waals surface area contributed by atoms with Gasteiger partial charge in [0.2, 0.25) is 0 Å². The third-order valence-corrected chi connectivity index (χ3v) is 2.64. The zero-order valence-corrected chi connectivity index (χ0v) is 8.24. The molecule has 2 atom stereocenters. The van der Waals surface area contributed by atoms with Crippen molar-refractivity contribution < 1.29 is 0 Å². The van der Waals surface area contributed by atoms with Crippen LogP contribution < -0.4 is 5.32 Å². The number of rotatable bonds is 5. The minimum Gasteiger partial charge on any atom is -0.302 e. The number of hydrogen-bond donors (Lipinski definition) is 1. The number of hydrogen-bond acceptors (Lipinski definition) is 3. The van der Waals surface area contributed by atoms with Crippen molar-refractivity contribution in [3.63, 3.8) is 0 Å². The summed E-state index contributed by atoms with van der Waals surface area (Å²) in [5.74, 6) is 0. The Morgan fingerprint density at radius 1 is 1.55 bits per heavy atom. The minimum atomic E-state index is -0.0101. The Morgan fingerprint density at radius 3 is 2.64 bits per heavy atom. The van der Waals surface area contributed by atoms with Crippen LogP contribution in [0.3, 0.4) is 0 Å². The van der Waals surface area contributed by atoms with Gasteiger partial charge in [-0.25, -0.2) is 0 Å². The number of nitrogens with zero attached hydrogens (tertiary/aromatic N) is 1. The van der Waals surface area contributed by atoms with Crippen LogP contribution >= 0.6 is 11.8 Å². The lowest BCUT2D eigenvalue weighted by atomic mass is 10.3. The van der Waals surface area contributed by atoms with Crippen LogP contribution in [0.1, 0.15) is 20.3 Å². The number of nitriles is 1. The van der Waals surface area contributed by atoms with Gasteiger partial charge in [0.15, 0.2) is 0 Å². The first-order valence-electron chi connectivity index (χ1n) is 3.86. The fourth-order valence-corrected chi connectivity index (χ4v) is 1.02. The largest absolute Gasteiger partial charge is 0.302 e. The van der Waals surface area contributed by atoms with Gasteiger partial charge in [-0.3, -0.25) is 0 Å². The van der Waals surface area contributed by atoms with Gasteiger partial charge < -0.3 is 5.32 Å². The zero-order chi connectivity index (χ0) is 8.69. The summed E-state index contributed by atoms with van der Waals surface area (Å²) in [6.45, 7) is 5.02. The maximum atomic E-state index is 8.44. The van der Waals surface area contributed by atoms with Crippen LogP contribution in [0.15, 0.2) is 0 Å². The van der Waals surface area contributed by atoms with Gasteiger partial charge >= 0.3 is 0 Å². The number of nitrogens with one attached hydrogen (secondary N) is 1. The van der Waals surface area contributed by atoms with E-state index in [4.69, 9.17) is 5.26 Å². The molecule has 0 saturated heterocycles. The summed E-state index contributed by atoms with van der Waals surface area (Å²) >= 11 is 1.86. The molecule has 0 saturated carbocycles. The SMILES string of the molecule is CSC(C)CCNC(C)C#N. The minimum absolute atomic E-state index is 0.0101. The smallest absolute Gasteiger partial charge is 0.0924 e. The number of thioether (sulfide) groups is 1. The van der Waals surface area contributed by atoms with Crippen LogP contribution in [-0.2, 0) is 0 Å². The Morgan fingerprint density at radius 2 is 2.18 bits per heavy atom. The summed E-state index contributed by atoms with van der Waals surface area (Å²) in [6, 6.07) is 2.13. The van der Waals surface area contributed by atoms with Crippen molar-refractivity contribution in [1.29, 1.82) is 5.26 Å². The Labute approximate surface area is 73.4 Å². The highest BCUT2D eigenvalue weighted by Crippen LogP contribution is 2.07. The van der Waals surface area contributed by atoms with E-state index in [0.717, 1.165) is 13.0 Å². The first-order chi connectivity index (χ1) is 5.20. The predicted molar refractivity (Wildman–Crippen MR) is 50.7 cm³/mol. The molecule has 0 bridgehead atoms. The molecule has 0 fully saturated rings. The van der Waals surface area contributed by atoms with E-state index in [1.165, 1.54) is 0 Å². The fraction of sp³-hybridized carbons (Fsp3) is 0.875. The van der Waals surface area contributed by atoms with Crippen molar-refractivity contribution in [3.05, 3.63) is 0 Å². The molecule has 0 aliphatic heterocycles. The van der Waals surface area contributed by atoms with E-state index in [2.05, 4.69) is 24.6 Å². The van der Waals surface area contributed by atoms with Crippen LogP contribution in [-0.4, -0.2) is 24.1 Å². The van der Waals surface area contributed by atoms with Gasteiger partial charge in [-0.05, 0) is 26.1 Å². The molecule has 0 amide bonds. The fourth-order valence-electron chi connectivity index (χ4n) is 0.667. The van der Waals surface area contributed by atoms with Crippen molar-refractivity contribution >= 4 is 11.8 Å². The molecule has 0 spiro atoms. The summed E-state index contributed by atoms with van der Waals surface area (Å²) in [5, 5.41) is 12.3. The lowest BCUT2D eigenvalue weighted by molar-refractivity contribution is 0.612. The van der Waals surface area contributed by atoms with E-state index in [1.807, 2.05) is 18.7 Å². The molecular weight excluding hydrogens is 156 g/mol. The summed E-state index contributed by atoms with van der Waals surface area (Å²) in [7, 11) is 0. The second kappa shape index (κ2) is 6.51. The molecular formula is C8H16N2S. The monoisotopic (exact) mass is 172 g/mol. The first-order valence-corrected chi connectivity index (χ1v) is 5.15. The third-order valence-electron chi connectivity index (χ3n) is 1.60. The van der Waals surface area contributed by atoms with Crippen molar-refractivity contribution in [2.24, 2.45) is 0 Å². The quantitative estimate of drug-likeness (QED) is 0.684. The summed E-state index contributed by atoms with van der Waals surface area (Å²) in [6.07, 6.45) is 3.24. The molecule has 1 N–H and O–H groups in total. The van der Waals surface area contributed by atoms with Crippen LogP contribution in [0.5, 0.6) is 0 Å². The van der Waals surface area contributed by atoms with Crippen LogP contribution in [0.25, 0.3) is 0 Å². The van der Waals surface area contributed by atoms with Gasteiger partial charge in [-0.1, -0.05) is 6.92 Å².